The van der Waals surface area contributed by atoms with Crippen LogP contribution in [0.2, 0.25) is 0 Å². The summed E-state index contributed by atoms with van der Waals surface area (Å²) in [5.41, 5.74) is 0. The average Bonchev–Trinajstić information content (AvgIpc) is 2.03. The van der Waals surface area contributed by atoms with E-state index in [1.165, 1.54) is 0 Å². The van der Waals surface area contributed by atoms with E-state index in [1.54, 1.807) is 0 Å². The zero-order valence-corrected chi connectivity index (χ0v) is 7.94. The van der Waals surface area contributed by atoms with Crippen molar-refractivity contribution in [2.24, 2.45) is 0 Å². The number of aliphatic hydroxyl groups excluding tert-OH is 1. The van der Waals surface area contributed by atoms with Crippen LogP contribution in [0, 0.1) is 0 Å². The summed E-state index contributed by atoms with van der Waals surface area (Å²) in [6, 6.07) is 0.0323. The molecule has 13 heavy (non-hydrogen) atoms. The van der Waals surface area contributed by atoms with Gasteiger partial charge in [0.15, 0.2) is 0 Å². The smallest absolute Gasteiger partial charge is 0.306 e. The van der Waals surface area contributed by atoms with E-state index >= 15 is 0 Å². The molecule has 0 bridgehead atoms. The van der Waals surface area contributed by atoms with Crippen LogP contribution in [0.1, 0.15) is 25.7 Å². The molecule has 1 heterocycles. The maximum atomic E-state index is 10.4. The highest BCUT2D eigenvalue weighted by Crippen LogP contribution is 2.19. The standard InChI is InChI=1S/C9H17NO3/c1-10-5-3-2-4-7(10)8(11)6-9(12)13/h7-8,11H,2-6H2,1H3,(H,12,13)/t7?,8-/m0/s1. The van der Waals surface area contributed by atoms with Crippen molar-refractivity contribution in [1.82, 2.24) is 4.90 Å². The lowest BCUT2D eigenvalue weighted by atomic mass is 9.96. The van der Waals surface area contributed by atoms with Crippen molar-refractivity contribution in [3.8, 4) is 0 Å². The number of piperidine rings is 1. The minimum atomic E-state index is -0.925. The molecule has 1 rings (SSSR count). The second kappa shape index (κ2) is 4.58. The first-order chi connectivity index (χ1) is 6.11. The highest BCUT2D eigenvalue weighted by Gasteiger charge is 2.27. The summed E-state index contributed by atoms with van der Waals surface area (Å²) in [5.74, 6) is -0.925. The van der Waals surface area contributed by atoms with E-state index in [-0.39, 0.29) is 12.5 Å². The maximum Gasteiger partial charge on any atom is 0.306 e. The molecule has 76 valence electrons. The highest BCUT2D eigenvalue weighted by molar-refractivity contribution is 5.67. The van der Waals surface area contributed by atoms with Gasteiger partial charge in [-0.05, 0) is 26.4 Å². The van der Waals surface area contributed by atoms with Crippen LogP contribution >= 0.6 is 0 Å². The number of aliphatic carboxylic acids is 1. The van der Waals surface area contributed by atoms with Crippen LogP contribution in [0.15, 0.2) is 0 Å². The van der Waals surface area contributed by atoms with Crippen LogP contribution in [0.25, 0.3) is 0 Å². The van der Waals surface area contributed by atoms with Gasteiger partial charge >= 0.3 is 5.97 Å². The number of likely N-dealkylation sites (N-methyl/N-ethyl adjacent to an activating group) is 1. The number of hydrogen-bond acceptors (Lipinski definition) is 3. The monoisotopic (exact) mass is 187 g/mol. The minimum Gasteiger partial charge on any atom is -0.481 e. The summed E-state index contributed by atoms with van der Waals surface area (Å²) in [4.78, 5) is 12.4. The van der Waals surface area contributed by atoms with Gasteiger partial charge in [0.25, 0.3) is 0 Å². The molecule has 0 saturated carbocycles. The van der Waals surface area contributed by atoms with Gasteiger partial charge in [0, 0.05) is 6.04 Å². The van der Waals surface area contributed by atoms with Crippen molar-refractivity contribution in [2.75, 3.05) is 13.6 Å². The van der Waals surface area contributed by atoms with Gasteiger partial charge in [-0.3, -0.25) is 4.79 Å². The first-order valence-electron chi connectivity index (χ1n) is 4.71. The van der Waals surface area contributed by atoms with Crippen LogP contribution in [0.5, 0.6) is 0 Å². The molecule has 1 aliphatic rings. The average molecular weight is 187 g/mol. The Morgan fingerprint density at radius 3 is 2.85 bits per heavy atom. The van der Waals surface area contributed by atoms with Gasteiger partial charge in [-0.15, -0.1) is 0 Å². The second-order valence-electron chi connectivity index (χ2n) is 3.71. The van der Waals surface area contributed by atoms with E-state index < -0.39 is 12.1 Å². The maximum absolute atomic E-state index is 10.4. The molecule has 0 aromatic carbocycles. The number of nitrogens with zero attached hydrogens (tertiary/aromatic N) is 1. The number of aliphatic hydroxyl groups is 1. The van der Waals surface area contributed by atoms with Crippen molar-refractivity contribution in [3.63, 3.8) is 0 Å². The summed E-state index contributed by atoms with van der Waals surface area (Å²) >= 11 is 0. The molecule has 4 heteroatoms. The Kier molecular flexibility index (Phi) is 3.69. The highest BCUT2D eigenvalue weighted by atomic mass is 16.4. The lowest BCUT2D eigenvalue weighted by molar-refractivity contribution is -0.140. The van der Waals surface area contributed by atoms with E-state index in [0.717, 1.165) is 25.8 Å². The molecule has 0 aliphatic carbocycles. The molecule has 2 N–H and O–H groups in total. The van der Waals surface area contributed by atoms with E-state index in [9.17, 15) is 9.90 Å². The molecule has 0 spiro atoms. The van der Waals surface area contributed by atoms with E-state index in [2.05, 4.69) is 4.90 Å². The molecule has 0 amide bonds. The first kappa shape index (κ1) is 10.5. The molecule has 1 saturated heterocycles. The lowest BCUT2D eigenvalue weighted by Crippen LogP contribution is -2.45. The number of hydrogen-bond donors (Lipinski definition) is 2. The fraction of sp³-hybridized carbons (Fsp3) is 0.889. The topological polar surface area (TPSA) is 60.8 Å². The predicted octanol–water partition coefficient (Wildman–Crippen LogP) is 0.306. The molecule has 4 nitrogen and oxygen atoms in total. The van der Waals surface area contributed by atoms with Crippen molar-refractivity contribution in [1.29, 1.82) is 0 Å². The van der Waals surface area contributed by atoms with Crippen LogP contribution < -0.4 is 0 Å². The fourth-order valence-electron chi connectivity index (χ4n) is 1.90. The van der Waals surface area contributed by atoms with Gasteiger partial charge < -0.3 is 15.1 Å². The second-order valence-corrected chi connectivity index (χ2v) is 3.71. The Morgan fingerprint density at radius 1 is 1.62 bits per heavy atom. The quantitative estimate of drug-likeness (QED) is 0.667. The molecule has 1 aliphatic heterocycles. The summed E-state index contributed by atoms with van der Waals surface area (Å²) in [5, 5.41) is 18.1. The summed E-state index contributed by atoms with van der Waals surface area (Å²) in [6.07, 6.45) is 2.28. The zero-order valence-electron chi connectivity index (χ0n) is 7.94. The van der Waals surface area contributed by atoms with Gasteiger partial charge in [-0.25, -0.2) is 0 Å². The van der Waals surface area contributed by atoms with E-state index in [0.29, 0.717) is 0 Å². The Balaban J connectivity index is 2.43. The first-order valence-corrected chi connectivity index (χ1v) is 4.71. The molecule has 1 unspecified atom stereocenters. The molecular formula is C9H17NO3. The molecule has 1 fully saturated rings. The van der Waals surface area contributed by atoms with E-state index in [1.807, 2.05) is 7.05 Å². The minimum absolute atomic E-state index is 0.0323. The predicted molar refractivity (Wildman–Crippen MR) is 48.5 cm³/mol. The van der Waals surface area contributed by atoms with E-state index in [4.69, 9.17) is 5.11 Å². The van der Waals surface area contributed by atoms with Gasteiger partial charge in [0.2, 0.25) is 0 Å². The van der Waals surface area contributed by atoms with Crippen LogP contribution in [-0.4, -0.2) is 46.8 Å². The molecule has 0 aromatic rings. The van der Waals surface area contributed by atoms with Crippen molar-refractivity contribution in [3.05, 3.63) is 0 Å². The lowest BCUT2D eigenvalue weighted by Gasteiger charge is -2.35. The third-order valence-electron chi connectivity index (χ3n) is 2.65. The summed E-state index contributed by atoms with van der Waals surface area (Å²) in [6.45, 7) is 0.960. The Labute approximate surface area is 78.2 Å². The number of rotatable bonds is 3. The van der Waals surface area contributed by atoms with Gasteiger partial charge in [-0.1, -0.05) is 6.42 Å². The number of likely N-dealkylation sites (tertiary alicyclic amines) is 1. The van der Waals surface area contributed by atoms with Gasteiger partial charge in [0.05, 0.1) is 12.5 Å². The number of carbonyl (C=O) groups is 1. The zero-order chi connectivity index (χ0) is 9.84. The molecular weight excluding hydrogens is 170 g/mol. The van der Waals surface area contributed by atoms with Crippen molar-refractivity contribution >= 4 is 5.97 Å². The van der Waals surface area contributed by atoms with Crippen LogP contribution in [0.4, 0.5) is 0 Å². The van der Waals surface area contributed by atoms with Crippen LogP contribution in [-0.2, 0) is 4.79 Å². The number of carboxylic acids is 1. The third kappa shape index (κ3) is 2.97. The van der Waals surface area contributed by atoms with Gasteiger partial charge in [0.1, 0.15) is 0 Å². The number of carboxylic acid groups (broad SMARTS) is 1. The third-order valence-corrected chi connectivity index (χ3v) is 2.65. The van der Waals surface area contributed by atoms with Crippen molar-refractivity contribution in [2.45, 2.75) is 37.8 Å². The largest absolute Gasteiger partial charge is 0.481 e. The SMILES string of the molecule is CN1CCCCC1[C@@H](O)CC(=O)O. The summed E-state index contributed by atoms with van der Waals surface area (Å²) in [7, 11) is 1.94. The fourth-order valence-corrected chi connectivity index (χ4v) is 1.90. The summed E-state index contributed by atoms with van der Waals surface area (Å²) < 4.78 is 0. The Morgan fingerprint density at radius 2 is 2.31 bits per heavy atom. The van der Waals surface area contributed by atoms with Crippen LogP contribution in [0.3, 0.4) is 0 Å². The van der Waals surface area contributed by atoms with Crippen molar-refractivity contribution < 1.29 is 15.0 Å². The molecule has 2 atom stereocenters. The normalized spacial score (nSPS) is 27.1. The van der Waals surface area contributed by atoms with Gasteiger partial charge in [-0.2, -0.15) is 0 Å². The Bertz CT molecular complexity index is 184. The molecule has 0 radical (unpaired) electrons. The Hall–Kier alpha value is -0.610. The molecule has 0 aromatic heterocycles.